The first-order valence-corrected chi connectivity index (χ1v) is 7.12. The third-order valence-electron chi connectivity index (χ3n) is 2.68. The molecule has 19 heavy (non-hydrogen) atoms. The number of aliphatic hydroxyl groups excluding tert-OH is 1. The number of halogens is 4. The van der Waals surface area contributed by atoms with Crippen molar-refractivity contribution in [1.29, 1.82) is 0 Å². The molecule has 0 heterocycles. The van der Waals surface area contributed by atoms with Crippen molar-refractivity contribution in [3.8, 4) is 0 Å². The Hall–Kier alpha value is -0.780. The fraction of sp³-hybridized carbons (Fsp3) is 0.143. The van der Waals surface area contributed by atoms with E-state index in [4.69, 9.17) is 0 Å². The molecule has 100 valence electrons. The van der Waals surface area contributed by atoms with E-state index in [-0.39, 0.29) is 6.42 Å². The van der Waals surface area contributed by atoms with Crippen molar-refractivity contribution in [1.82, 2.24) is 0 Å². The van der Waals surface area contributed by atoms with Crippen molar-refractivity contribution >= 4 is 31.9 Å². The fourth-order valence-electron chi connectivity index (χ4n) is 1.79. The molecule has 5 heteroatoms. The maximum atomic E-state index is 13.1. The Morgan fingerprint density at radius 2 is 1.58 bits per heavy atom. The standard InChI is InChI=1S/C14H10Br2F2O/c15-12-2-1-9(6-13(12)16)14(19)5-8-3-10(17)7-11(18)4-8/h1-4,6-7,14,19H,5H2. The van der Waals surface area contributed by atoms with Gasteiger partial charge in [0.25, 0.3) is 0 Å². The maximum Gasteiger partial charge on any atom is 0.126 e. The predicted octanol–water partition coefficient (Wildman–Crippen LogP) is 4.77. The van der Waals surface area contributed by atoms with Crippen molar-refractivity contribution < 1.29 is 13.9 Å². The predicted molar refractivity (Wildman–Crippen MR) is 76.9 cm³/mol. The molecular weight excluding hydrogens is 382 g/mol. The second-order valence-electron chi connectivity index (χ2n) is 4.17. The van der Waals surface area contributed by atoms with Gasteiger partial charge in [-0.25, -0.2) is 8.78 Å². The van der Waals surface area contributed by atoms with Crippen LogP contribution < -0.4 is 0 Å². The summed E-state index contributed by atoms with van der Waals surface area (Å²) in [7, 11) is 0. The number of rotatable bonds is 3. The van der Waals surface area contributed by atoms with Crippen LogP contribution in [0.2, 0.25) is 0 Å². The van der Waals surface area contributed by atoms with E-state index in [1.54, 1.807) is 18.2 Å². The normalized spacial score (nSPS) is 12.5. The smallest absolute Gasteiger partial charge is 0.126 e. The quantitative estimate of drug-likeness (QED) is 0.799. The van der Waals surface area contributed by atoms with Gasteiger partial charge in [-0.05, 0) is 67.3 Å². The topological polar surface area (TPSA) is 20.2 Å². The Labute approximate surface area is 126 Å². The summed E-state index contributed by atoms with van der Waals surface area (Å²) in [5.41, 5.74) is 1.10. The summed E-state index contributed by atoms with van der Waals surface area (Å²) in [6.45, 7) is 0. The van der Waals surface area contributed by atoms with Crippen LogP contribution in [0.5, 0.6) is 0 Å². The highest BCUT2D eigenvalue weighted by Crippen LogP contribution is 2.28. The third-order valence-corrected chi connectivity index (χ3v) is 4.56. The average molecular weight is 392 g/mol. The van der Waals surface area contributed by atoms with Crippen molar-refractivity contribution in [3.05, 3.63) is 68.1 Å². The van der Waals surface area contributed by atoms with Crippen LogP contribution >= 0.6 is 31.9 Å². The highest BCUT2D eigenvalue weighted by atomic mass is 79.9. The lowest BCUT2D eigenvalue weighted by Crippen LogP contribution is -2.02. The minimum absolute atomic E-state index is 0.156. The van der Waals surface area contributed by atoms with Crippen LogP contribution in [0.25, 0.3) is 0 Å². The lowest BCUT2D eigenvalue weighted by molar-refractivity contribution is 0.178. The van der Waals surface area contributed by atoms with Crippen molar-refractivity contribution in [3.63, 3.8) is 0 Å². The van der Waals surface area contributed by atoms with Crippen LogP contribution in [-0.4, -0.2) is 5.11 Å². The SMILES string of the molecule is OC(Cc1cc(F)cc(F)c1)c1ccc(Br)c(Br)c1. The van der Waals surface area contributed by atoms with Crippen LogP contribution in [0.4, 0.5) is 8.78 Å². The maximum absolute atomic E-state index is 13.1. The van der Waals surface area contributed by atoms with Crippen molar-refractivity contribution in [2.75, 3.05) is 0 Å². The number of aliphatic hydroxyl groups is 1. The van der Waals surface area contributed by atoms with Crippen LogP contribution in [0.3, 0.4) is 0 Å². The summed E-state index contributed by atoms with van der Waals surface area (Å²) in [5.74, 6) is -1.28. The zero-order valence-corrected chi connectivity index (χ0v) is 12.9. The highest BCUT2D eigenvalue weighted by Gasteiger charge is 2.11. The van der Waals surface area contributed by atoms with Gasteiger partial charge in [0.15, 0.2) is 0 Å². The molecule has 0 aromatic heterocycles. The van der Waals surface area contributed by atoms with E-state index in [1.807, 2.05) is 0 Å². The van der Waals surface area contributed by atoms with Gasteiger partial charge >= 0.3 is 0 Å². The fourth-order valence-corrected chi connectivity index (χ4v) is 2.43. The minimum atomic E-state index is -0.814. The van der Waals surface area contributed by atoms with Gasteiger partial charge < -0.3 is 5.11 Å². The first-order valence-electron chi connectivity index (χ1n) is 5.53. The van der Waals surface area contributed by atoms with E-state index >= 15 is 0 Å². The van der Waals surface area contributed by atoms with Gasteiger partial charge in [-0.1, -0.05) is 6.07 Å². The summed E-state index contributed by atoms with van der Waals surface area (Å²) >= 11 is 6.68. The molecule has 0 saturated heterocycles. The Morgan fingerprint density at radius 1 is 0.947 bits per heavy atom. The largest absolute Gasteiger partial charge is 0.388 e. The molecule has 2 aromatic rings. The zero-order chi connectivity index (χ0) is 14.0. The molecule has 2 aromatic carbocycles. The number of hydrogen-bond acceptors (Lipinski definition) is 1. The monoisotopic (exact) mass is 390 g/mol. The van der Waals surface area contributed by atoms with E-state index in [1.165, 1.54) is 12.1 Å². The molecule has 0 spiro atoms. The molecule has 2 rings (SSSR count). The summed E-state index contributed by atoms with van der Waals surface area (Å²) in [6.07, 6.45) is -0.659. The molecule has 0 aliphatic heterocycles. The van der Waals surface area contributed by atoms with Crippen LogP contribution in [0.15, 0.2) is 45.3 Å². The van der Waals surface area contributed by atoms with Crippen LogP contribution in [0, 0.1) is 11.6 Å². The van der Waals surface area contributed by atoms with Crippen molar-refractivity contribution in [2.24, 2.45) is 0 Å². The molecule has 0 fully saturated rings. The van der Waals surface area contributed by atoms with Crippen LogP contribution in [-0.2, 0) is 6.42 Å². The second kappa shape index (κ2) is 6.11. The van der Waals surface area contributed by atoms with E-state index in [0.29, 0.717) is 11.1 Å². The molecule has 0 saturated carbocycles. The Bertz CT molecular complexity index is 582. The summed E-state index contributed by atoms with van der Waals surface area (Å²) < 4.78 is 27.8. The zero-order valence-electron chi connectivity index (χ0n) is 9.71. The molecule has 1 atom stereocenters. The van der Waals surface area contributed by atoms with Gasteiger partial charge in [0.2, 0.25) is 0 Å². The lowest BCUT2D eigenvalue weighted by atomic mass is 10.0. The summed E-state index contributed by atoms with van der Waals surface area (Å²) in [5, 5.41) is 10.1. The lowest BCUT2D eigenvalue weighted by Gasteiger charge is -2.12. The van der Waals surface area contributed by atoms with E-state index < -0.39 is 17.7 Å². The van der Waals surface area contributed by atoms with Gasteiger partial charge in [0.1, 0.15) is 11.6 Å². The highest BCUT2D eigenvalue weighted by molar-refractivity contribution is 9.13. The molecule has 0 aliphatic carbocycles. The molecule has 0 amide bonds. The Kier molecular flexibility index (Phi) is 4.71. The second-order valence-corrected chi connectivity index (χ2v) is 5.88. The van der Waals surface area contributed by atoms with Gasteiger partial charge in [-0.2, -0.15) is 0 Å². The van der Waals surface area contributed by atoms with E-state index in [0.717, 1.165) is 15.0 Å². The average Bonchev–Trinajstić information content (AvgIpc) is 2.31. The number of hydrogen-bond donors (Lipinski definition) is 1. The Balaban J connectivity index is 2.20. The van der Waals surface area contributed by atoms with E-state index in [9.17, 15) is 13.9 Å². The molecule has 1 unspecified atom stereocenters. The summed E-state index contributed by atoms with van der Waals surface area (Å²) in [6, 6.07) is 8.58. The minimum Gasteiger partial charge on any atom is -0.388 e. The molecule has 0 bridgehead atoms. The molecule has 0 aliphatic rings. The molecule has 0 radical (unpaired) electrons. The summed E-state index contributed by atoms with van der Waals surface area (Å²) in [4.78, 5) is 0. The van der Waals surface area contributed by atoms with Gasteiger partial charge in [0, 0.05) is 21.4 Å². The molecule has 1 N–H and O–H groups in total. The van der Waals surface area contributed by atoms with Gasteiger partial charge in [0.05, 0.1) is 6.10 Å². The van der Waals surface area contributed by atoms with Crippen molar-refractivity contribution in [2.45, 2.75) is 12.5 Å². The first kappa shape index (κ1) is 14.6. The molecular formula is C14H10Br2F2O. The first-order chi connectivity index (χ1) is 8.95. The third kappa shape index (κ3) is 3.84. The van der Waals surface area contributed by atoms with Gasteiger partial charge in [-0.3, -0.25) is 0 Å². The van der Waals surface area contributed by atoms with E-state index in [2.05, 4.69) is 31.9 Å². The van der Waals surface area contributed by atoms with Gasteiger partial charge in [-0.15, -0.1) is 0 Å². The molecule has 1 nitrogen and oxygen atoms in total. The Morgan fingerprint density at radius 3 is 2.16 bits per heavy atom. The number of benzene rings is 2. The van der Waals surface area contributed by atoms with Crippen LogP contribution in [0.1, 0.15) is 17.2 Å².